The summed E-state index contributed by atoms with van der Waals surface area (Å²) in [5.41, 5.74) is 4.55. The topological polar surface area (TPSA) is 32.9 Å². The molecule has 21 heavy (non-hydrogen) atoms. The first-order valence-electron chi connectivity index (χ1n) is 7.01. The summed E-state index contributed by atoms with van der Waals surface area (Å²) in [6.07, 6.45) is 2.72. The van der Waals surface area contributed by atoms with Crippen molar-refractivity contribution in [3.05, 3.63) is 69.9 Å². The lowest BCUT2D eigenvalue weighted by atomic mass is 10.00. The molecule has 0 spiro atoms. The molecule has 3 heteroatoms. The second-order valence-corrected chi connectivity index (χ2v) is 5.60. The standard InChI is InChI=1S/C18H16ClNO/c1-3-12-5-4-6-14-15(10-20-17(12)14)18(21)13-8-7-11(2)16(19)9-13/h4-10,20H,3H2,1-2H3. The largest absolute Gasteiger partial charge is 0.360 e. The van der Waals surface area contributed by atoms with Crippen molar-refractivity contribution in [1.29, 1.82) is 0 Å². The number of fused-ring (bicyclic) bond motifs is 1. The van der Waals surface area contributed by atoms with E-state index in [1.165, 1.54) is 5.56 Å². The van der Waals surface area contributed by atoms with Gasteiger partial charge in [0.2, 0.25) is 0 Å². The van der Waals surface area contributed by atoms with Gasteiger partial charge in [-0.15, -0.1) is 0 Å². The van der Waals surface area contributed by atoms with Gasteiger partial charge >= 0.3 is 0 Å². The number of hydrogen-bond donors (Lipinski definition) is 1. The van der Waals surface area contributed by atoms with Crippen LogP contribution in [0.5, 0.6) is 0 Å². The number of rotatable bonds is 3. The molecule has 1 heterocycles. The van der Waals surface area contributed by atoms with Crippen molar-refractivity contribution in [3.63, 3.8) is 0 Å². The lowest BCUT2D eigenvalue weighted by Gasteiger charge is -2.04. The minimum absolute atomic E-state index is 0.00333. The number of aryl methyl sites for hydroxylation is 2. The minimum Gasteiger partial charge on any atom is -0.360 e. The van der Waals surface area contributed by atoms with Gasteiger partial charge in [-0.05, 0) is 30.5 Å². The zero-order valence-electron chi connectivity index (χ0n) is 12.0. The molecule has 3 rings (SSSR count). The highest BCUT2D eigenvalue weighted by molar-refractivity contribution is 6.32. The minimum atomic E-state index is -0.00333. The highest BCUT2D eigenvalue weighted by atomic mass is 35.5. The smallest absolute Gasteiger partial charge is 0.195 e. The van der Waals surface area contributed by atoms with Crippen molar-refractivity contribution in [2.75, 3.05) is 0 Å². The number of carbonyl (C=O) groups excluding carboxylic acids is 1. The zero-order chi connectivity index (χ0) is 15.0. The van der Waals surface area contributed by atoms with Crippen molar-refractivity contribution in [1.82, 2.24) is 4.98 Å². The summed E-state index contributed by atoms with van der Waals surface area (Å²) in [5, 5.41) is 1.59. The van der Waals surface area contributed by atoms with E-state index < -0.39 is 0 Å². The monoisotopic (exact) mass is 297 g/mol. The third kappa shape index (κ3) is 2.36. The molecule has 2 nitrogen and oxygen atoms in total. The normalized spacial score (nSPS) is 11.0. The molecule has 0 saturated carbocycles. The van der Waals surface area contributed by atoms with E-state index >= 15 is 0 Å². The SMILES string of the molecule is CCc1cccc2c(C(=O)c3ccc(C)c(Cl)c3)c[nH]c12. The lowest BCUT2D eigenvalue weighted by molar-refractivity contribution is 0.104. The Hall–Kier alpha value is -2.06. The first-order chi connectivity index (χ1) is 10.1. The fourth-order valence-electron chi connectivity index (χ4n) is 2.59. The second kappa shape index (κ2) is 5.38. The maximum absolute atomic E-state index is 12.7. The molecule has 3 aromatic rings. The maximum Gasteiger partial charge on any atom is 0.195 e. The fourth-order valence-corrected chi connectivity index (χ4v) is 2.77. The van der Waals surface area contributed by atoms with Crippen LogP contribution < -0.4 is 0 Å². The van der Waals surface area contributed by atoms with Crippen molar-refractivity contribution < 1.29 is 4.79 Å². The molecule has 0 radical (unpaired) electrons. The van der Waals surface area contributed by atoms with Gasteiger partial charge < -0.3 is 4.98 Å². The van der Waals surface area contributed by atoms with Crippen LogP contribution in [0.4, 0.5) is 0 Å². The Balaban J connectivity index is 2.11. The first kappa shape index (κ1) is 13.9. The van der Waals surface area contributed by atoms with E-state index in [9.17, 15) is 4.79 Å². The molecule has 106 valence electrons. The van der Waals surface area contributed by atoms with E-state index in [4.69, 9.17) is 11.6 Å². The molecule has 0 aliphatic heterocycles. The number of hydrogen-bond acceptors (Lipinski definition) is 1. The molecule has 0 unspecified atom stereocenters. The molecular formula is C18H16ClNO. The molecule has 0 fully saturated rings. The summed E-state index contributed by atoms with van der Waals surface area (Å²) in [6.45, 7) is 4.03. The predicted molar refractivity (Wildman–Crippen MR) is 87.3 cm³/mol. The molecule has 1 aromatic heterocycles. The number of benzene rings is 2. The van der Waals surface area contributed by atoms with E-state index in [1.54, 1.807) is 12.3 Å². The summed E-state index contributed by atoms with van der Waals surface area (Å²) in [6, 6.07) is 11.5. The summed E-state index contributed by atoms with van der Waals surface area (Å²) < 4.78 is 0. The summed E-state index contributed by atoms with van der Waals surface area (Å²) >= 11 is 6.13. The molecule has 0 atom stereocenters. The Kier molecular flexibility index (Phi) is 3.56. The molecule has 0 bridgehead atoms. The number of carbonyl (C=O) groups is 1. The van der Waals surface area contributed by atoms with E-state index in [-0.39, 0.29) is 5.78 Å². The Morgan fingerprint density at radius 1 is 1.24 bits per heavy atom. The lowest BCUT2D eigenvalue weighted by Crippen LogP contribution is -2.00. The summed E-state index contributed by atoms with van der Waals surface area (Å²) in [4.78, 5) is 15.9. The van der Waals surface area contributed by atoms with E-state index in [0.29, 0.717) is 16.1 Å². The van der Waals surface area contributed by atoms with Crippen LogP contribution in [0.3, 0.4) is 0 Å². The Morgan fingerprint density at radius 2 is 2.05 bits per heavy atom. The van der Waals surface area contributed by atoms with Crippen LogP contribution in [0.1, 0.15) is 34.0 Å². The fraction of sp³-hybridized carbons (Fsp3) is 0.167. The first-order valence-corrected chi connectivity index (χ1v) is 7.39. The van der Waals surface area contributed by atoms with E-state index in [2.05, 4.69) is 18.0 Å². The van der Waals surface area contributed by atoms with Crippen LogP contribution in [0.25, 0.3) is 10.9 Å². The Morgan fingerprint density at radius 3 is 2.76 bits per heavy atom. The number of nitrogens with one attached hydrogen (secondary N) is 1. The van der Waals surface area contributed by atoms with Gasteiger partial charge in [0.1, 0.15) is 0 Å². The van der Waals surface area contributed by atoms with Gasteiger partial charge in [-0.1, -0.05) is 48.9 Å². The predicted octanol–water partition coefficient (Wildman–Crippen LogP) is 4.92. The third-order valence-electron chi connectivity index (χ3n) is 3.86. The second-order valence-electron chi connectivity index (χ2n) is 5.19. The third-order valence-corrected chi connectivity index (χ3v) is 4.27. The van der Waals surface area contributed by atoms with E-state index in [1.807, 2.05) is 31.2 Å². The van der Waals surface area contributed by atoms with Crippen molar-refractivity contribution >= 4 is 28.3 Å². The maximum atomic E-state index is 12.7. The molecule has 0 aliphatic rings. The van der Waals surface area contributed by atoms with Crippen LogP contribution in [-0.4, -0.2) is 10.8 Å². The van der Waals surface area contributed by atoms with Crippen molar-refractivity contribution in [2.24, 2.45) is 0 Å². The molecule has 1 N–H and O–H groups in total. The molecule has 0 amide bonds. The zero-order valence-corrected chi connectivity index (χ0v) is 12.8. The van der Waals surface area contributed by atoms with Gasteiger partial charge in [0.25, 0.3) is 0 Å². The molecule has 2 aromatic carbocycles. The summed E-state index contributed by atoms with van der Waals surface area (Å²) in [5.74, 6) is -0.00333. The van der Waals surface area contributed by atoms with Gasteiger partial charge in [0.05, 0.1) is 0 Å². The van der Waals surface area contributed by atoms with Gasteiger partial charge in [-0.3, -0.25) is 4.79 Å². The van der Waals surface area contributed by atoms with Gasteiger partial charge in [-0.2, -0.15) is 0 Å². The van der Waals surface area contributed by atoms with Gasteiger partial charge in [0.15, 0.2) is 5.78 Å². The average molecular weight is 298 g/mol. The van der Waals surface area contributed by atoms with E-state index in [0.717, 1.165) is 22.9 Å². The van der Waals surface area contributed by atoms with Crippen molar-refractivity contribution in [2.45, 2.75) is 20.3 Å². The number of aromatic nitrogens is 1. The van der Waals surface area contributed by atoms with Gasteiger partial charge in [-0.25, -0.2) is 0 Å². The van der Waals surface area contributed by atoms with Gasteiger partial charge in [0, 0.05) is 33.2 Å². The summed E-state index contributed by atoms with van der Waals surface area (Å²) in [7, 11) is 0. The Labute approximate surface area is 128 Å². The highest BCUT2D eigenvalue weighted by Gasteiger charge is 2.15. The molecular weight excluding hydrogens is 282 g/mol. The number of para-hydroxylation sites is 1. The van der Waals surface area contributed by atoms with Crippen LogP contribution >= 0.6 is 11.6 Å². The number of halogens is 1. The highest BCUT2D eigenvalue weighted by Crippen LogP contribution is 2.26. The molecule has 0 aliphatic carbocycles. The van der Waals surface area contributed by atoms with Crippen LogP contribution in [0, 0.1) is 6.92 Å². The average Bonchev–Trinajstić information content (AvgIpc) is 2.93. The number of aromatic amines is 1. The Bertz CT molecular complexity index is 832. The number of ketones is 1. The van der Waals surface area contributed by atoms with Crippen molar-refractivity contribution in [3.8, 4) is 0 Å². The molecule has 0 saturated heterocycles. The van der Waals surface area contributed by atoms with Crippen LogP contribution in [0.2, 0.25) is 5.02 Å². The van der Waals surface area contributed by atoms with Crippen LogP contribution in [0.15, 0.2) is 42.6 Å². The number of H-pyrrole nitrogens is 1. The quantitative estimate of drug-likeness (QED) is 0.684. The van der Waals surface area contributed by atoms with Crippen LogP contribution in [-0.2, 0) is 6.42 Å².